The zero-order chi connectivity index (χ0) is 12.6. The Kier molecular flexibility index (Phi) is 2.85. The number of ether oxygens (including phenoxy) is 1. The normalized spacial score (nSPS) is 24.4. The number of rotatable bonds is 1. The van der Waals surface area contributed by atoms with Gasteiger partial charge in [-0.05, 0) is 27.7 Å². The lowest BCUT2D eigenvalue weighted by molar-refractivity contribution is -0.0213. The maximum atomic E-state index is 11.8. The number of amides is 1. The molecule has 0 spiro atoms. The molecule has 0 aliphatic carbocycles. The molecule has 0 radical (unpaired) electrons. The van der Waals surface area contributed by atoms with Gasteiger partial charge in [0, 0.05) is 18.9 Å². The van der Waals surface area contributed by atoms with Crippen molar-refractivity contribution in [1.82, 2.24) is 14.5 Å². The number of carbonyl (C=O) groups excluding carboxylic acids is 1. The van der Waals surface area contributed by atoms with Crippen LogP contribution in [0, 0.1) is 0 Å². The molecule has 2 heterocycles. The van der Waals surface area contributed by atoms with Gasteiger partial charge in [0.15, 0.2) is 0 Å². The minimum absolute atomic E-state index is 0.152. The van der Waals surface area contributed by atoms with E-state index in [1.54, 1.807) is 17.4 Å². The first-order valence-corrected chi connectivity index (χ1v) is 5.85. The van der Waals surface area contributed by atoms with E-state index in [4.69, 9.17) is 4.74 Å². The van der Waals surface area contributed by atoms with Gasteiger partial charge in [-0.2, -0.15) is 0 Å². The van der Waals surface area contributed by atoms with Gasteiger partial charge in [0.1, 0.15) is 5.60 Å². The molecule has 1 aromatic heterocycles. The highest BCUT2D eigenvalue weighted by atomic mass is 16.6. The second kappa shape index (κ2) is 4.05. The van der Waals surface area contributed by atoms with Crippen LogP contribution in [-0.4, -0.2) is 38.7 Å². The Hall–Kier alpha value is -1.52. The summed E-state index contributed by atoms with van der Waals surface area (Å²) in [6.45, 7) is 8.35. The van der Waals surface area contributed by atoms with Crippen LogP contribution in [0.4, 0.5) is 4.79 Å². The van der Waals surface area contributed by atoms with Gasteiger partial charge in [0.25, 0.3) is 0 Å². The number of aromatic nitrogens is 2. The van der Waals surface area contributed by atoms with Crippen molar-refractivity contribution in [3.05, 3.63) is 18.7 Å². The van der Waals surface area contributed by atoms with Crippen LogP contribution in [0.25, 0.3) is 0 Å². The van der Waals surface area contributed by atoms with Gasteiger partial charge < -0.3 is 14.2 Å². The molecule has 2 atom stereocenters. The van der Waals surface area contributed by atoms with Gasteiger partial charge in [-0.1, -0.05) is 0 Å². The third-order valence-corrected chi connectivity index (χ3v) is 2.97. The predicted octanol–water partition coefficient (Wildman–Crippen LogP) is 2.06. The molecule has 1 fully saturated rings. The van der Waals surface area contributed by atoms with Crippen LogP contribution < -0.4 is 0 Å². The summed E-state index contributed by atoms with van der Waals surface area (Å²) < 4.78 is 7.37. The summed E-state index contributed by atoms with van der Waals surface area (Å²) in [6.07, 6.45) is 5.23. The van der Waals surface area contributed by atoms with Crippen molar-refractivity contribution in [2.24, 2.45) is 0 Å². The molecule has 5 heteroatoms. The minimum Gasteiger partial charge on any atom is -0.444 e. The van der Waals surface area contributed by atoms with Crippen LogP contribution in [0.3, 0.4) is 0 Å². The molecular formula is C12H19N3O2. The van der Waals surface area contributed by atoms with Crippen molar-refractivity contribution in [2.75, 3.05) is 6.54 Å². The lowest BCUT2D eigenvalue weighted by atomic mass is 9.99. The van der Waals surface area contributed by atoms with Crippen LogP contribution in [-0.2, 0) is 4.74 Å². The SMILES string of the molecule is C[C@@H]1[C@@H](n2ccnc2)CN1C(=O)OC(C)(C)C. The van der Waals surface area contributed by atoms with Gasteiger partial charge in [-0.25, -0.2) is 9.78 Å². The van der Waals surface area contributed by atoms with E-state index >= 15 is 0 Å². The van der Waals surface area contributed by atoms with Crippen LogP contribution in [0.15, 0.2) is 18.7 Å². The summed E-state index contributed by atoms with van der Waals surface area (Å²) in [5.41, 5.74) is -0.434. The van der Waals surface area contributed by atoms with E-state index in [2.05, 4.69) is 4.98 Å². The first-order chi connectivity index (χ1) is 7.88. The number of nitrogens with zero attached hydrogens (tertiary/aromatic N) is 3. The van der Waals surface area contributed by atoms with E-state index < -0.39 is 5.60 Å². The Balaban J connectivity index is 1.93. The molecule has 1 saturated heterocycles. The lowest BCUT2D eigenvalue weighted by Crippen LogP contribution is -2.58. The predicted molar refractivity (Wildman–Crippen MR) is 63.7 cm³/mol. The van der Waals surface area contributed by atoms with Gasteiger partial charge >= 0.3 is 6.09 Å². The lowest BCUT2D eigenvalue weighted by Gasteiger charge is -2.46. The third kappa shape index (κ3) is 2.43. The number of hydrogen-bond donors (Lipinski definition) is 0. The molecule has 0 saturated carbocycles. The maximum Gasteiger partial charge on any atom is 0.410 e. The molecular weight excluding hydrogens is 218 g/mol. The van der Waals surface area contributed by atoms with E-state index in [9.17, 15) is 4.79 Å². The number of imidazole rings is 1. The van der Waals surface area contributed by atoms with Gasteiger partial charge in [0.05, 0.1) is 18.4 Å². The topological polar surface area (TPSA) is 47.4 Å². The smallest absolute Gasteiger partial charge is 0.410 e. The molecule has 0 aromatic carbocycles. The highest BCUT2D eigenvalue weighted by Gasteiger charge is 2.41. The average Bonchev–Trinajstić information content (AvgIpc) is 2.65. The van der Waals surface area contributed by atoms with Crippen molar-refractivity contribution < 1.29 is 9.53 Å². The minimum atomic E-state index is -0.434. The highest BCUT2D eigenvalue weighted by molar-refractivity contribution is 5.69. The van der Waals surface area contributed by atoms with Gasteiger partial charge in [-0.15, -0.1) is 0 Å². The monoisotopic (exact) mass is 237 g/mol. The fraction of sp³-hybridized carbons (Fsp3) is 0.667. The molecule has 0 unspecified atom stereocenters. The van der Waals surface area contributed by atoms with Gasteiger partial charge in [-0.3, -0.25) is 0 Å². The molecule has 94 valence electrons. The molecule has 1 aliphatic rings. The summed E-state index contributed by atoms with van der Waals surface area (Å²) in [6, 6.07) is 0.462. The molecule has 17 heavy (non-hydrogen) atoms. The van der Waals surface area contributed by atoms with E-state index in [1.807, 2.05) is 38.5 Å². The Morgan fingerprint density at radius 1 is 1.47 bits per heavy atom. The van der Waals surface area contributed by atoms with Crippen LogP contribution in [0.1, 0.15) is 33.7 Å². The zero-order valence-electron chi connectivity index (χ0n) is 10.8. The molecule has 2 rings (SSSR count). The largest absolute Gasteiger partial charge is 0.444 e. The van der Waals surface area contributed by atoms with Crippen molar-refractivity contribution >= 4 is 6.09 Å². The van der Waals surface area contributed by atoms with Crippen molar-refractivity contribution in [3.8, 4) is 0 Å². The fourth-order valence-electron chi connectivity index (χ4n) is 1.96. The second-order valence-electron chi connectivity index (χ2n) is 5.45. The summed E-state index contributed by atoms with van der Waals surface area (Å²) in [5, 5.41) is 0. The molecule has 1 aromatic rings. The van der Waals surface area contributed by atoms with Crippen molar-refractivity contribution in [2.45, 2.75) is 45.4 Å². The zero-order valence-corrected chi connectivity index (χ0v) is 10.8. The standard InChI is InChI=1S/C12H19N3O2/c1-9-10(14-6-5-13-8-14)7-15(9)11(16)17-12(2,3)4/h5-6,8-10H,7H2,1-4H3/t9-,10+/m1/s1. The van der Waals surface area contributed by atoms with E-state index in [-0.39, 0.29) is 12.1 Å². The van der Waals surface area contributed by atoms with E-state index in [0.29, 0.717) is 12.6 Å². The summed E-state index contributed by atoms with van der Waals surface area (Å²) in [5.74, 6) is 0. The number of hydrogen-bond acceptors (Lipinski definition) is 3. The Morgan fingerprint density at radius 3 is 2.65 bits per heavy atom. The maximum absolute atomic E-state index is 11.8. The Bertz CT molecular complexity index is 394. The number of likely N-dealkylation sites (tertiary alicyclic amines) is 1. The highest BCUT2D eigenvalue weighted by Crippen LogP contribution is 2.30. The number of carbonyl (C=O) groups is 1. The Labute approximate surface area is 101 Å². The Morgan fingerprint density at radius 2 is 2.18 bits per heavy atom. The molecule has 0 N–H and O–H groups in total. The van der Waals surface area contributed by atoms with Crippen LogP contribution in [0.2, 0.25) is 0 Å². The first-order valence-electron chi connectivity index (χ1n) is 5.85. The van der Waals surface area contributed by atoms with E-state index in [0.717, 1.165) is 0 Å². The average molecular weight is 237 g/mol. The third-order valence-electron chi connectivity index (χ3n) is 2.97. The van der Waals surface area contributed by atoms with Crippen LogP contribution >= 0.6 is 0 Å². The quantitative estimate of drug-likeness (QED) is 0.751. The van der Waals surface area contributed by atoms with E-state index in [1.165, 1.54) is 0 Å². The molecule has 1 amide bonds. The fourth-order valence-corrected chi connectivity index (χ4v) is 1.96. The summed E-state index contributed by atoms with van der Waals surface area (Å²) >= 11 is 0. The molecule has 1 aliphatic heterocycles. The molecule has 5 nitrogen and oxygen atoms in total. The van der Waals surface area contributed by atoms with Gasteiger partial charge in [0.2, 0.25) is 0 Å². The van der Waals surface area contributed by atoms with Crippen molar-refractivity contribution in [3.63, 3.8) is 0 Å². The van der Waals surface area contributed by atoms with Crippen molar-refractivity contribution in [1.29, 1.82) is 0 Å². The summed E-state index contributed by atoms with van der Waals surface area (Å²) in [4.78, 5) is 17.6. The molecule has 0 bridgehead atoms. The van der Waals surface area contributed by atoms with Crippen LogP contribution in [0.5, 0.6) is 0 Å². The summed E-state index contributed by atoms with van der Waals surface area (Å²) in [7, 11) is 0. The second-order valence-corrected chi connectivity index (χ2v) is 5.45. The first kappa shape index (κ1) is 12.0.